The molecule has 3 N–H and O–H groups in total. The van der Waals surface area contributed by atoms with Crippen molar-refractivity contribution in [2.75, 3.05) is 11.9 Å². The minimum atomic E-state index is 0.169. The number of aryl methyl sites for hydroxylation is 2. The Morgan fingerprint density at radius 3 is 3.00 bits per heavy atom. The van der Waals surface area contributed by atoms with Crippen molar-refractivity contribution >= 4 is 5.82 Å². The molecular weight excluding hydrogens is 186 g/mol. The van der Waals surface area contributed by atoms with Gasteiger partial charge in [0.25, 0.3) is 0 Å². The van der Waals surface area contributed by atoms with Crippen molar-refractivity contribution in [2.45, 2.75) is 38.6 Å². The van der Waals surface area contributed by atoms with Gasteiger partial charge in [-0.25, -0.2) is 4.98 Å². The molecule has 0 bridgehead atoms. The van der Waals surface area contributed by atoms with Gasteiger partial charge < -0.3 is 11.1 Å². The largest absolute Gasteiger partial charge is 0.369 e. The normalized spacial score (nSPS) is 16.9. The molecule has 0 aromatic carbocycles. The van der Waals surface area contributed by atoms with E-state index in [1.54, 1.807) is 0 Å². The molecule has 0 saturated carbocycles. The molecule has 1 aliphatic carbocycles. The highest BCUT2D eigenvalue weighted by molar-refractivity contribution is 5.39. The standard InChI is InChI=1S/C12H19N3/c1-9(13)8-14-12-7-6-10-4-2-3-5-11(10)15-12/h6-7,9H,2-5,8,13H2,1H3,(H,14,15). The van der Waals surface area contributed by atoms with Gasteiger partial charge in [0.2, 0.25) is 0 Å². The predicted octanol–water partition coefficient (Wildman–Crippen LogP) is 1.72. The van der Waals surface area contributed by atoms with E-state index in [9.17, 15) is 0 Å². The van der Waals surface area contributed by atoms with E-state index >= 15 is 0 Å². The van der Waals surface area contributed by atoms with Crippen molar-refractivity contribution < 1.29 is 0 Å². The summed E-state index contributed by atoms with van der Waals surface area (Å²) in [5, 5.41) is 3.26. The average molecular weight is 205 g/mol. The van der Waals surface area contributed by atoms with Crippen LogP contribution in [0.5, 0.6) is 0 Å². The van der Waals surface area contributed by atoms with Crippen LogP contribution >= 0.6 is 0 Å². The number of anilines is 1. The zero-order valence-electron chi connectivity index (χ0n) is 9.29. The number of aromatic nitrogens is 1. The Hall–Kier alpha value is -1.09. The number of hydrogen-bond acceptors (Lipinski definition) is 3. The molecule has 3 heteroatoms. The van der Waals surface area contributed by atoms with Crippen LogP contribution in [0.2, 0.25) is 0 Å². The molecule has 15 heavy (non-hydrogen) atoms. The predicted molar refractivity (Wildman–Crippen MR) is 63.0 cm³/mol. The second-order valence-corrected chi connectivity index (χ2v) is 4.37. The van der Waals surface area contributed by atoms with E-state index in [4.69, 9.17) is 5.73 Å². The lowest BCUT2D eigenvalue weighted by atomic mass is 9.96. The second-order valence-electron chi connectivity index (χ2n) is 4.37. The summed E-state index contributed by atoms with van der Waals surface area (Å²) in [6.07, 6.45) is 4.90. The lowest BCUT2D eigenvalue weighted by molar-refractivity contribution is 0.667. The number of fused-ring (bicyclic) bond motifs is 1. The fourth-order valence-electron chi connectivity index (χ4n) is 1.95. The van der Waals surface area contributed by atoms with Crippen LogP contribution in [-0.4, -0.2) is 17.6 Å². The summed E-state index contributed by atoms with van der Waals surface area (Å²) in [6.45, 7) is 2.77. The molecule has 0 aliphatic heterocycles. The summed E-state index contributed by atoms with van der Waals surface area (Å²) in [5.41, 5.74) is 8.39. The highest BCUT2D eigenvalue weighted by atomic mass is 15.0. The van der Waals surface area contributed by atoms with Gasteiger partial charge >= 0.3 is 0 Å². The number of rotatable bonds is 3. The van der Waals surface area contributed by atoms with Crippen molar-refractivity contribution in [1.82, 2.24) is 4.98 Å². The maximum atomic E-state index is 5.69. The molecule has 1 heterocycles. The number of nitrogens with two attached hydrogens (primary N) is 1. The Labute approximate surface area is 91.1 Å². The van der Waals surface area contributed by atoms with E-state index < -0.39 is 0 Å². The highest BCUT2D eigenvalue weighted by Crippen LogP contribution is 2.20. The third-order valence-electron chi connectivity index (χ3n) is 2.78. The Morgan fingerprint density at radius 2 is 2.20 bits per heavy atom. The summed E-state index contributed by atoms with van der Waals surface area (Å²) in [5.74, 6) is 0.966. The Morgan fingerprint density at radius 1 is 1.40 bits per heavy atom. The topological polar surface area (TPSA) is 50.9 Å². The van der Waals surface area contributed by atoms with Gasteiger partial charge in [0.15, 0.2) is 0 Å². The first-order valence-electron chi connectivity index (χ1n) is 5.74. The Kier molecular flexibility index (Phi) is 3.21. The van der Waals surface area contributed by atoms with Crippen LogP contribution in [0.25, 0.3) is 0 Å². The summed E-state index contributed by atoms with van der Waals surface area (Å²) in [6, 6.07) is 4.43. The molecule has 3 nitrogen and oxygen atoms in total. The van der Waals surface area contributed by atoms with Gasteiger partial charge in [0, 0.05) is 18.3 Å². The molecular formula is C12H19N3. The van der Waals surface area contributed by atoms with Crippen LogP contribution in [-0.2, 0) is 12.8 Å². The van der Waals surface area contributed by atoms with E-state index in [1.165, 1.54) is 30.5 Å². The highest BCUT2D eigenvalue weighted by Gasteiger charge is 2.10. The molecule has 82 valence electrons. The summed E-state index contributed by atoms with van der Waals surface area (Å²) in [4.78, 5) is 4.62. The molecule has 1 aromatic heterocycles. The van der Waals surface area contributed by atoms with E-state index in [2.05, 4.69) is 22.4 Å². The fraction of sp³-hybridized carbons (Fsp3) is 0.583. The van der Waals surface area contributed by atoms with Crippen LogP contribution < -0.4 is 11.1 Å². The summed E-state index contributed by atoms with van der Waals surface area (Å²) in [7, 11) is 0. The van der Waals surface area contributed by atoms with E-state index in [1.807, 2.05) is 6.92 Å². The van der Waals surface area contributed by atoms with Gasteiger partial charge in [-0.05, 0) is 44.2 Å². The minimum absolute atomic E-state index is 0.169. The summed E-state index contributed by atoms with van der Waals surface area (Å²) < 4.78 is 0. The second kappa shape index (κ2) is 4.62. The molecule has 1 atom stereocenters. The average Bonchev–Trinajstić information content (AvgIpc) is 2.26. The molecule has 0 fully saturated rings. The van der Waals surface area contributed by atoms with Crippen LogP contribution in [0, 0.1) is 0 Å². The van der Waals surface area contributed by atoms with Gasteiger partial charge in [0.05, 0.1) is 0 Å². The molecule has 0 radical (unpaired) electrons. The number of nitrogens with zero attached hydrogens (tertiary/aromatic N) is 1. The number of pyridine rings is 1. The number of nitrogens with one attached hydrogen (secondary N) is 1. The minimum Gasteiger partial charge on any atom is -0.369 e. The Balaban J connectivity index is 2.07. The van der Waals surface area contributed by atoms with E-state index in [-0.39, 0.29) is 6.04 Å². The molecule has 1 unspecified atom stereocenters. The van der Waals surface area contributed by atoms with Crippen LogP contribution in [0.15, 0.2) is 12.1 Å². The summed E-state index contributed by atoms with van der Waals surface area (Å²) >= 11 is 0. The molecule has 2 rings (SSSR count). The molecule has 0 amide bonds. The van der Waals surface area contributed by atoms with E-state index in [0.717, 1.165) is 18.8 Å². The first kappa shape index (κ1) is 10.4. The van der Waals surface area contributed by atoms with Gasteiger partial charge in [-0.3, -0.25) is 0 Å². The van der Waals surface area contributed by atoms with Crippen molar-refractivity contribution in [1.29, 1.82) is 0 Å². The maximum Gasteiger partial charge on any atom is 0.126 e. The van der Waals surface area contributed by atoms with Gasteiger partial charge in [-0.15, -0.1) is 0 Å². The third-order valence-corrected chi connectivity index (χ3v) is 2.78. The van der Waals surface area contributed by atoms with Crippen molar-refractivity contribution in [3.05, 3.63) is 23.4 Å². The third kappa shape index (κ3) is 2.69. The van der Waals surface area contributed by atoms with Crippen molar-refractivity contribution in [2.24, 2.45) is 5.73 Å². The van der Waals surface area contributed by atoms with Crippen molar-refractivity contribution in [3.63, 3.8) is 0 Å². The van der Waals surface area contributed by atoms with Gasteiger partial charge in [0.1, 0.15) is 5.82 Å². The van der Waals surface area contributed by atoms with Gasteiger partial charge in [-0.1, -0.05) is 6.07 Å². The quantitative estimate of drug-likeness (QED) is 0.790. The smallest absolute Gasteiger partial charge is 0.126 e. The maximum absolute atomic E-state index is 5.69. The lowest BCUT2D eigenvalue weighted by Gasteiger charge is -2.16. The Bertz CT molecular complexity index is 334. The molecule has 1 aliphatic rings. The van der Waals surface area contributed by atoms with Crippen molar-refractivity contribution in [3.8, 4) is 0 Å². The number of hydrogen-bond donors (Lipinski definition) is 2. The molecule has 0 spiro atoms. The van der Waals surface area contributed by atoms with E-state index in [0.29, 0.717) is 0 Å². The fourth-order valence-corrected chi connectivity index (χ4v) is 1.95. The van der Waals surface area contributed by atoms with Crippen LogP contribution in [0.4, 0.5) is 5.82 Å². The zero-order valence-corrected chi connectivity index (χ0v) is 9.29. The molecule has 0 saturated heterocycles. The SMILES string of the molecule is CC(N)CNc1ccc2c(n1)CCCC2. The van der Waals surface area contributed by atoms with Crippen LogP contribution in [0.3, 0.4) is 0 Å². The van der Waals surface area contributed by atoms with Crippen LogP contribution in [0.1, 0.15) is 31.0 Å². The zero-order chi connectivity index (χ0) is 10.7. The monoisotopic (exact) mass is 205 g/mol. The lowest BCUT2D eigenvalue weighted by Crippen LogP contribution is -2.25. The first-order chi connectivity index (χ1) is 7.25. The molecule has 1 aromatic rings. The first-order valence-corrected chi connectivity index (χ1v) is 5.74. The van der Waals surface area contributed by atoms with Gasteiger partial charge in [-0.2, -0.15) is 0 Å².